The number of amides is 1. The maximum Gasteiger partial charge on any atom is 0.223 e. The molecule has 3 rings (SSSR count). The zero-order valence-corrected chi connectivity index (χ0v) is 11.2. The van der Waals surface area contributed by atoms with Crippen LogP contribution in [0.2, 0.25) is 0 Å². The number of piperidine rings is 1. The van der Waals surface area contributed by atoms with Crippen LogP contribution in [0.15, 0.2) is 18.2 Å². The van der Waals surface area contributed by atoms with Crippen LogP contribution in [-0.2, 0) is 11.2 Å². The molecule has 1 fully saturated rings. The van der Waals surface area contributed by atoms with Gasteiger partial charge < -0.3 is 4.90 Å². The van der Waals surface area contributed by atoms with E-state index in [-0.39, 0.29) is 11.9 Å². The molecule has 19 heavy (non-hydrogen) atoms. The maximum atomic E-state index is 12.2. The molecule has 0 aromatic heterocycles. The van der Waals surface area contributed by atoms with E-state index < -0.39 is 0 Å². The average Bonchev–Trinajstić information content (AvgIpc) is 2.80. The second kappa shape index (κ2) is 4.70. The van der Waals surface area contributed by atoms with Crippen molar-refractivity contribution in [2.45, 2.75) is 38.6 Å². The number of nitrogens with zero attached hydrogens (tertiary/aromatic N) is 2. The van der Waals surface area contributed by atoms with Crippen LogP contribution in [0.25, 0.3) is 4.85 Å². The monoisotopic (exact) mass is 254 g/mol. The molecular weight excluding hydrogens is 236 g/mol. The molecule has 1 amide bonds. The van der Waals surface area contributed by atoms with Gasteiger partial charge in [-0.3, -0.25) is 4.79 Å². The van der Waals surface area contributed by atoms with Gasteiger partial charge in [-0.2, -0.15) is 0 Å². The zero-order chi connectivity index (χ0) is 13.4. The largest absolute Gasteiger partial charge is 0.335 e. The molecule has 1 heterocycles. The molecular formula is C16H18N2O. The Labute approximate surface area is 114 Å². The fourth-order valence-electron chi connectivity index (χ4n) is 3.62. The van der Waals surface area contributed by atoms with E-state index in [4.69, 9.17) is 6.57 Å². The summed E-state index contributed by atoms with van der Waals surface area (Å²) in [7, 11) is 0. The zero-order valence-electron chi connectivity index (χ0n) is 11.2. The summed E-state index contributed by atoms with van der Waals surface area (Å²) in [6.45, 7) is 10.2. The van der Waals surface area contributed by atoms with Crippen molar-refractivity contribution in [3.63, 3.8) is 0 Å². The van der Waals surface area contributed by atoms with Crippen molar-refractivity contribution >= 4 is 11.6 Å². The van der Waals surface area contributed by atoms with Gasteiger partial charge in [0.05, 0.1) is 12.6 Å². The summed E-state index contributed by atoms with van der Waals surface area (Å²) < 4.78 is 0. The van der Waals surface area contributed by atoms with Gasteiger partial charge in [0, 0.05) is 13.0 Å². The van der Waals surface area contributed by atoms with Crippen LogP contribution in [0.4, 0.5) is 5.69 Å². The SMILES string of the molecule is [C-]#[N+]c1cccc2c1CC1CCC(=O)N(CCC)C21. The summed E-state index contributed by atoms with van der Waals surface area (Å²) >= 11 is 0. The smallest absolute Gasteiger partial charge is 0.223 e. The molecule has 98 valence electrons. The minimum atomic E-state index is 0.220. The molecule has 3 nitrogen and oxygen atoms in total. The first kappa shape index (κ1) is 12.2. The number of benzene rings is 1. The van der Waals surface area contributed by atoms with Crippen molar-refractivity contribution in [3.05, 3.63) is 40.7 Å². The number of likely N-dealkylation sites (tertiary alicyclic amines) is 1. The fraction of sp³-hybridized carbons (Fsp3) is 0.500. The van der Waals surface area contributed by atoms with Crippen molar-refractivity contribution in [3.8, 4) is 0 Å². The van der Waals surface area contributed by atoms with Crippen LogP contribution in [0, 0.1) is 12.5 Å². The van der Waals surface area contributed by atoms with E-state index in [9.17, 15) is 4.79 Å². The lowest BCUT2D eigenvalue weighted by Gasteiger charge is -2.38. The van der Waals surface area contributed by atoms with Crippen molar-refractivity contribution in [1.29, 1.82) is 0 Å². The van der Waals surface area contributed by atoms with E-state index in [0.29, 0.717) is 12.3 Å². The van der Waals surface area contributed by atoms with Gasteiger partial charge in [-0.05, 0) is 36.3 Å². The van der Waals surface area contributed by atoms with Crippen molar-refractivity contribution in [2.24, 2.45) is 5.92 Å². The van der Waals surface area contributed by atoms with Crippen molar-refractivity contribution in [2.75, 3.05) is 6.54 Å². The van der Waals surface area contributed by atoms with E-state index in [2.05, 4.69) is 17.8 Å². The molecule has 1 saturated heterocycles. The standard InChI is InChI=1S/C16H18N2O/c1-3-9-18-15(19)8-7-11-10-13-12(16(11)18)5-4-6-14(13)17-2/h4-6,11,16H,3,7-10H2,1H3. The van der Waals surface area contributed by atoms with E-state index >= 15 is 0 Å². The van der Waals surface area contributed by atoms with Crippen LogP contribution < -0.4 is 0 Å². The quantitative estimate of drug-likeness (QED) is 0.741. The van der Waals surface area contributed by atoms with Gasteiger partial charge in [0.2, 0.25) is 5.91 Å². The second-order valence-electron chi connectivity index (χ2n) is 5.49. The Morgan fingerprint density at radius 3 is 3.05 bits per heavy atom. The van der Waals surface area contributed by atoms with E-state index in [0.717, 1.165) is 31.5 Å². The summed E-state index contributed by atoms with van der Waals surface area (Å²) in [6.07, 6.45) is 3.59. The molecule has 0 saturated carbocycles. The lowest BCUT2D eigenvalue weighted by atomic mass is 9.89. The molecule has 2 aliphatic rings. The lowest BCUT2D eigenvalue weighted by Crippen LogP contribution is -2.41. The Morgan fingerprint density at radius 1 is 1.47 bits per heavy atom. The Hall–Kier alpha value is -1.82. The third-order valence-electron chi connectivity index (χ3n) is 4.39. The Morgan fingerprint density at radius 2 is 2.32 bits per heavy atom. The highest BCUT2D eigenvalue weighted by molar-refractivity contribution is 5.78. The first-order valence-corrected chi connectivity index (χ1v) is 7.05. The molecule has 1 aliphatic carbocycles. The summed E-state index contributed by atoms with van der Waals surface area (Å²) in [6, 6.07) is 6.18. The Balaban J connectivity index is 2.05. The van der Waals surface area contributed by atoms with Gasteiger partial charge in [0.1, 0.15) is 0 Å². The molecule has 1 aliphatic heterocycles. The predicted molar refractivity (Wildman–Crippen MR) is 73.9 cm³/mol. The normalized spacial score (nSPS) is 24.8. The number of rotatable bonds is 2. The van der Waals surface area contributed by atoms with Gasteiger partial charge in [-0.25, -0.2) is 4.85 Å². The van der Waals surface area contributed by atoms with E-state index in [1.54, 1.807) is 0 Å². The molecule has 0 radical (unpaired) electrons. The molecule has 0 N–H and O–H groups in total. The summed E-state index contributed by atoms with van der Waals surface area (Å²) in [5.74, 6) is 0.798. The van der Waals surface area contributed by atoms with Crippen LogP contribution in [-0.4, -0.2) is 17.4 Å². The Kier molecular flexibility index (Phi) is 3.02. The third-order valence-corrected chi connectivity index (χ3v) is 4.39. The molecule has 3 heteroatoms. The van der Waals surface area contributed by atoms with Gasteiger partial charge in [-0.1, -0.05) is 25.1 Å². The highest BCUT2D eigenvalue weighted by Crippen LogP contribution is 2.48. The maximum absolute atomic E-state index is 12.2. The summed E-state index contributed by atoms with van der Waals surface area (Å²) in [4.78, 5) is 17.8. The van der Waals surface area contributed by atoms with Gasteiger partial charge in [0.15, 0.2) is 5.69 Å². The van der Waals surface area contributed by atoms with Crippen LogP contribution in [0.5, 0.6) is 0 Å². The van der Waals surface area contributed by atoms with Gasteiger partial charge >= 0.3 is 0 Å². The van der Waals surface area contributed by atoms with E-state index in [1.807, 2.05) is 17.0 Å². The fourth-order valence-corrected chi connectivity index (χ4v) is 3.62. The molecule has 1 aromatic carbocycles. The van der Waals surface area contributed by atoms with Crippen molar-refractivity contribution in [1.82, 2.24) is 4.90 Å². The first-order chi connectivity index (χ1) is 9.26. The molecule has 0 spiro atoms. The third kappa shape index (κ3) is 1.83. The van der Waals surface area contributed by atoms with Gasteiger partial charge in [0.25, 0.3) is 0 Å². The summed E-state index contributed by atoms with van der Waals surface area (Å²) in [5.41, 5.74) is 3.18. The molecule has 1 aromatic rings. The second-order valence-corrected chi connectivity index (χ2v) is 5.49. The van der Waals surface area contributed by atoms with Crippen LogP contribution >= 0.6 is 0 Å². The number of carbonyl (C=O) groups excluding carboxylic acids is 1. The van der Waals surface area contributed by atoms with Crippen LogP contribution in [0.1, 0.15) is 43.4 Å². The highest BCUT2D eigenvalue weighted by atomic mass is 16.2. The number of hydrogen-bond donors (Lipinski definition) is 0. The van der Waals surface area contributed by atoms with Crippen molar-refractivity contribution < 1.29 is 4.79 Å². The topological polar surface area (TPSA) is 24.7 Å². The molecule has 2 unspecified atom stereocenters. The highest BCUT2D eigenvalue weighted by Gasteiger charge is 2.42. The first-order valence-electron chi connectivity index (χ1n) is 7.05. The number of carbonyl (C=O) groups is 1. The summed E-state index contributed by atoms with van der Waals surface area (Å²) in [5, 5.41) is 0. The number of hydrogen-bond acceptors (Lipinski definition) is 1. The molecule has 0 bridgehead atoms. The average molecular weight is 254 g/mol. The number of fused-ring (bicyclic) bond motifs is 3. The minimum absolute atomic E-state index is 0.220. The lowest BCUT2D eigenvalue weighted by molar-refractivity contribution is -0.138. The van der Waals surface area contributed by atoms with E-state index in [1.165, 1.54) is 11.1 Å². The van der Waals surface area contributed by atoms with Crippen LogP contribution in [0.3, 0.4) is 0 Å². The molecule has 2 atom stereocenters. The minimum Gasteiger partial charge on any atom is -0.335 e. The Bertz CT molecular complexity index is 558. The van der Waals surface area contributed by atoms with Gasteiger partial charge in [-0.15, -0.1) is 0 Å². The predicted octanol–water partition coefficient (Wildman–Crippen LogP) is 3.48.